The zero-order valence-corrected chi connectivity index (χ0v) is 23.5. The molecule has 5 aromatic rings. The number of nitrogens with two attached hydrogens (primary N) is 1. The number of hydrogen-bond acceptors (Lipinski definition) is 8. The molecule has 2 aliphatic rings. The summed E-state index contributed by atoms with van der Waals surface area (Å²) < 4.78 is 30.0. The normalized spacial score (nSPS) is 20.4. The Morgan fingerprint density at radius 1 is 0.905 bits per heavy atom. The molecule has 9 nitrogen and oxygen atoms in total. The van der Waals surface area contributed by atoms with Crippen LogP contribution >= 0.6 is 0 Å². The lowest BCUT2D eigenvalue weighted by Gasteiger charge is -2.41. The summed E-state index contributed by atoms with van der Waals surface area (Å²) in [6.45, 7) is 4.60. The topological polar surface area (TPSA) is 101 Å². The first-order chi connectivity index (χ1) is 20.4. The maximum absolute atomic E-state index is 14.0. The van der Waals surface area contributed by atoms with Gasteiger partial charge in [0.15, 0.2) is 0 Å². The maximum Gasteiger partial charge on any atom is 0.227 e. The van der Waals surface area contributed by atoms with Crippen LogP contribution in [0.5, 0.6) is 0 Å². The second-order valence-electron chi connectivity index (χ2n) is 11.4. The second kappa shape index (κ2) is 10.9. The third-order valence-corrected chi connectivity index (χ3v) is 8.82. The molecule has 1 saturated heterocycles. The van der Waals surface area contributed by atoms with Crippen LogP contribution in [0.1, 0.15) is 31.7 Å². The van der Waals surface area contributed by atoms with E-state index in [1.807, 2.05) is 24.3 Å². The van der Waals surface area contributed by atoms with Crippen molar-refractivity contribution >= 4 is 39.4 Å². The van der Waals surface area contributed by atoms with Gasteiger partial charge in [0.1, 0.15) is 29.4 Å². The van der Waals surface area contributed by atoms with E-state index in [2.05, 4.69) is 52.9 Å². The molecule has 1 aliphatic carbocycles. The molecule has 216 valence electrons. The average Bonchev–Trinajstić information content (AvgIpc) is 3.39. The fraction of sp³-hybridized carbons (Fsp3) is 0.355. The number of aromatic nitrogens is 5. The molecular weight excluding hydrogens is 536 g/mol. The van der Waals surface area contributed by atoms with Crippen LogP contribution in [0, 0.1) is 11.6 Å². The molecule has 0 unspecified atom stereocenters. The monoisotopic (exact) mass is 569 g/mol. The van der Waals surface area contributed by atoms with Gasteiger partial charge in [0, 0.05) is 74.0 Å². The van der Waals surface area contributed by atoms with Gasteiger partial charge in [-0.05, 0) is 50.4 Å². The Balaban J connectivity index is 1.12. The van der Waals surface area contributed by atoms with Gasteiger partial charge in [-0.25, -0.2) is 28.7 Å². The van der Waals surface area contributed by atoms with Crippen LogP contribution in [0.2, 0.25) is 0 Å². The molecule has 0 bridgehead atoms. The summed E-state index contributed by atoms with van der Waals surface area (Å²) in [5.74, 6) is -0.654. The van der Waals surface area contributed by atoms with Crippen LogP contribution in [-0.2, 0) is 0 Å². The lowest BCUT2D eigenvalue weighted by molar-refractivity contribution is 0.0828. The Morgan fingerprint density at radius 3 is 2.40 bits per heavy atom. The molecule has 3 aromatic heterocycles. The predicted molar refractivity (Wildman–Crippen MR) is 160 cm³/mol. The first kappa shape index (κ1) is 26.7. The number of anilines is 3. The van der Waals surface area contributed by atoms with Crippen LogP contribution in [-0.4, -0.2) is 73.6 Å². The number of rotatable bonds is 5. The summed E-state index contributed by atoms with van der Waals surface area (Å²) in [5, 5.41) is 4.15. The van der Waals surface area contributed by atoms with Crippen molar-refractivity contribution in [3.63, 3.8) is 0 Å². The summed E-state index contributed by atoms with van der Waals surface area (Å²) in [7, 11) is 2.20. The van der Waals surface area contributed by atoms with E-state index < -0.39 is 11.6 Å². The summed E-state index contributed by atoms with van der Waals surface area (Å²) in [6.07, 6.45) is 9.64. The van der Waals surface area contributed by atoms with Gasteiger partial charge in [0.25, 0.3) is 0 Å². The summed E-state index contributed by atoms with van der Waals surface area (Å²) in [6, 6.07) is 10.9. The second-order valence-corrected chi connectivity index (χ2v) is 11.4. The average molecular weight is 570 g/mol. The number of nitrogen functional groups attached to an aromatic ring is 1. The number of benzene rings is 2. The van der Waals surface area contributed by atoms with E-state index in [4.69, 9.17) is 5.73 Å². The molecule has 0 amide bonds. The molecule has 0 radical (unpaired) electrons. The Kier molecular flexibility index (Phi) is 6.91. The number of fused-ring (bicyclic) bond motifs is 2. The third-order valence-electron chi connectivity index (χ3n) is 8.82. The highest BCUT2D eigenvalue weighted by atomic mass is 19.1. The van der Waals surface area contributed by atoms with E-state index in [0.29, 0.717) is 17.9 Å². The fourth-order valence-corrected chi connectivity index (χ4v) is 6.48. The number of likely N-dealkylation sites (N-methyl/N-ethyl adjacent to an activating group) is 1. The molecule has 1 saturated carbocycles. The minimum atomic E-state index is -0.689. The summed E-state index contributed by atoms with van der Waals surface area (Å²) in [5.41, 5.74) is 10.2. The van der Waals surface area contributed by atoms with Crippen LogP contribution < -0.4 is 11.1 Å². The SMILES string of the molecule is CN1CCN(C2CCC(n3cc(-c4ccc(Nc5ncc6c(F)cc(F)cc6n5)cc4)c4c(N)ncnc43)CC2)CC1. The molecule has 1 aliphatic heterocycles. The summed E-state index contributed by atoms with van der Waals surface area (Å²) in [4.78, 5) is 22.5. The standard InChI is InChI=1S/C31H33F2N9/c1-40-10-12-41(13-11-40)22-6-8-23(9-7-22)42-17-25(28-29(34)36-18-37-30(28)42)19-2-4-21(5-3-19)38-31-35-16-24-26(33)14-20(32)15-27(24)39-31/h2-5,14-18,22-23H,6-13H2,1H3,(H2,34,36,37)(H,35,38,39). The zero-order valence-electron chi connectivity index (χ0n) is 23.5. The minimum absolute atomic E-state index is 0.168. The maximum atomic E-state index is 14.0. The Labute approximate surface area is 242 Å². The van der Waals surface area contributed by atoms with Crippen molar-refractivity contribution in [2.45, 2.75) is 37.8 Å². The molecule has 3 N–H and O–H groups in total. The first-order valence-electron chi connectivity index (χ1n) is 14.5. The minimum Gasteiger partial charge on any atom is -0.383 e. The molecule has 4 heterocycles. The van der Waals surface area contributed by atoms with E-state index in [-0.39, 0.29) is 16.9 Å². The van der Waals surface area contributed by atoms with Gasteiger partial charge < -0.3 is 20.5 Å². The number of nitrogens with zero attached hydrogens (tertiary/aromatic N) is 7. The predicted octanol–water partition coefficient (Wildman–Crippen LogP) is 5.38. The molecule has 0 spiro atoms. The van der Waals surface area contributed by atoms with E-state index in [9.17, 15) is 8.78 Å². The highest BCUT2D eigenvalue weighted by molar-refractivity contribution is 6.00. The smallest absolute Gasteiger partial charge is 0.227 e. The van der Waals surface area contributed by atoms with Crippen LogP contribution in [0.25, 0.3) is 33.1 Å². The van der Waals surface area contributed by atoms with Crippen LogP contribution in [0.3, 0.4) is 0 Å². The summed E-state index contributed by atoms with van der Waals surface area (Å²) >= 11 is 0. The van der Waals surface area contributed by atoms with E-state index in [0.717, 1.165) is 72.9 Å². The zero-order chi connectivity index (χ0) is 28.8. The van der Waals surface area contributed by atoms with E-state index in [1.54, 1.807) is 6.33 Å². The Morgan fingerprint density at radius 2 is 1.64 bits per heavy atom. The lowest BCUT2D eigenvalue weighted by atomic mass is 9.89. The van der Waals surface area contributed by atoms with Gasteiger partial charge in [-0.3, -0.25) is 4.90 Å². The van der Waals surface area contributed by atoms with Crippen molar-refractivity contribution in [1.29, 1.82) is 0 Å². The van der Waals surface area contributed by atoms with E-state index in [1.165, 1.54) is 25.1 Å². The van der Waals surface area contributed by atoms with Crippen molar-refractivity contribution in [2.24, 2.45) is 0 Å². The molecular formula is C31H33F2N9. The van der Waals surface area contributed by atoms with Crippen molar-refractivity contribution in [3.8, 4) is 11.1 Å². The van der Waals surface area contributed by atoms with Crippen molar-refractivity contribution in [1.82, 2.24) is 34.3 Å². The first-order valence-corrected chi connectivity index (χ1v) is 14.5. The van der Waals surface area contributed by atoms with Gasteiger partial charge in [-0.15, -0.1) is 0 Å². The van der Waals surface area contributed by atoms with Gasteiger partial charge in [0.05, 0.1) is 16.3 Å². The molecule has 11 heteroatoms. The van der Waals surface area contributed by atoms with E-state index >= 15 is 0 Å². The van der Waals surface area contributed by atoms with Crippen molar-refractivity contribution in [2.75, 3.05) is 44.3 Å². The number of piperazine rings is 1. The van der Waals surface area contributed by atoms with Crippen LogP contribution in [0.4, 0.5) is 26.2 Å². The number of halogens is 2. The molecule has 0 atom stereocenters. The highest BCUT2D eigenvalue weighted by Crippen LogP contribution is 2.39. The largest absolute Gasteiger partial charge is 0.383 e. The van der Waals surface area contributed by atoms with Crippen molar-refractivity contribution in [3.05, 3.63) is 66.8 Å². The van der Waals surface area contributed by atoms with Crippen LogP contribution in [0.15, 0.2) is 55.1 Å². The lowest BCUT2D eigenvalue weighted by Crippen LogP contribution is -2.49. The molecule has 2 aromatic carbocycles. The highest BCUT2D eigenvalue weighted by Gasteiger charge is 2.30. The van der Waals surface area contributed by atoms with Gasteiger partial charge in [0.2, 0.25) is 5.95 Å². The quantitative estimate of drug-likeness (QED) is 0.291. The van der Waals surface area contributed by atoms with Gasteiger partial charge in [-0.2, -0.15) is 0 Å². The Hall–Kier alpha value is -4.22. The van der Waals surface area contributed by atoms with Gasteiger partial charge >= 0.3 is 0 Å². The van der Waals surface area contributed by atoms with Gasteiger partial charge in [-0.1, -0.05) is 12.1 Å². The molecule has 42 heavy (non-hydrogen) atoms. The third kappa shape index (κ3) is 5.03. The number of nitrogens with one attached hydrogen (secondary N) is 1. The fourth-order valence-electron chi connectivity index (χ4n) is 6.48. The van der Waals surface area contributed by atoms with Crippen molar-refractivity contribution < 1.29 is 8.78 Å². The Bertz CT molecular complexity index is 1740. The molecule has 7 rings (SSSR count). The number of hydrogen-bond donors (Lipinski definition) is 2. The molecule has 2 fully saturated rings.